The molecule has 1 fully saturated rings. The van der Waals surface area contributed by atoms with Crippen molar-refractivity contribution in [3.8, 4) is 23.8 Å². The van der Waals surface area contributed by atoms with Crippen LogP contribution in [0.1, 0.15) is 16.7 Å². The summed E-state index contributed by atoms with van der Waals surface area (Å²) in [5.74, 6) is 3.18. The molecule has 1 aliphatic heterocycles. The molecule has 0 unspecified atom stereocenters. The average molecular weight is 519 g/mol. The highest BCUT2D eigenvalue weighted by Gasteiger charge is 2.35. The Morgan fingerprint density at radius 3 is 2.76 bits per heavy atom. The molecule has 0 atom stereocenters. The number of benzene rings is 2. The first kappa shape index (κ1) is 21.3. The van der Waals surface area contributed by atoms with Crippen molar-refractivity contribution in [2.24, 2.45) is 0 Å². The zero-order valence-corrected chi connectivity index (χ0v) is 18.9. The molecule has 0 saturated carbocycles. The second-order valence-electron chi connectivity index (χ2n) is 6.28. The first-order valence-electron chi connectivity index (χ1n) is 8.67. The molecule has 2 amide bonds. The molecule has 0 bridgehead atoms. The van der Waals surface area contributed by atoms with Crippen LogP contribution < -0.4 is 9.47 Å². The Balaban J connectivity index is 1.85. The summed E-state index contributed by atoms with van der Waals surface area (Å²) in [5.41, 5.74) is 2.74. The molecule has 0 spiro atoms. The van der Waals surface area contributed by atoms with Gasteiger partial charge in [-0.25, -0.2) is 0 Å². The SMILES string of the molecule is C#CCOc1c(I)cc(/C=C2/SC(=O)N(Cc3cccc(C)c3)C2=O)cc1OC. The van der Waals surface area contributed by atoms with Gasteiger partial charge in [-0.2, -0.15) is 0 Å². The molecule has 0 aromatic heterocycles. The van der Waals surface area contributed by atoms with Crippen LogP contribution in [0.2, 0.25) is 0 Å². The van der Waals surface area contributed by atoms with E-state index in [2.05, 4.69) is 28.5 Å². The van der Waals surface area contributed by atoms with Crippen LogP contribution in [0.15, 0.2) is 41.3 Å². The smallest absolute Gasteiger partial charge is 0.293 e. The van der Waals surface area contributed by atoms with Gasteiger partial charge in [-0.15, -0.1) is 6.42 Å². The van der Waals surface area contributed by atoms with Crippen LogP contribution in [0, 0.1) is 22.8 Å². The maximum absolute atomic E-state index is 12.8. The zero-order chi connectivity index (χ0) is 21.0. The molecule has 5 nitrogen and oxygen atoms in total. The van der Waals surface area contributed by atoms with Gasteiger partial charge in [0, 0.05) is 0 Å². The minimum atomic E-state index is -0.303. The number of ether oxygens (including phenoxy) is 2. The number of terminal acetylenes is 1. The Morgan fingerprint density at radius 1 is 1.28 bits per heavy atom. The van der Waals surface area contributed by atoms with E-state index < -0.39 is 0 Å². The van der Waals surface area contributed by atoms with Crippen molar-refractivity contribution in [1.29, 1.82) is 0 Å². The van der Waals surface area contributed by atoms with Crippen LogP contribution in [0.3, 0.4) is 0 Å². The van der Waals surface area contributed by atoms with Gasteiger partial charge in [0.2, 0.25) is 0 Å². The summed E-state index contributed by atoms with van der Waals surface area (Å²) in [7, 11) is 1.54. The number of methoxy groups -OCH3 is 1. The number of carbonyl (C=O) groups is 2. The molecule has 0 aliphatic carbocycles. The lowest BCUT2D eigenvalue weighted by Gasteiger charge is -2.13. The van der Waals surface area contributed by atoms with E-state index in [0.29, 0.717) is 16.4 Å². The van der Waals surface area contributed by atoms with Gasteiger partial charge in [-0.05, 0) is 70.6 Å². The van der Waals surface area contributed by atoms with E-state index in [4.69, 9.17) is 15.9 Å². The Kier molecular flexibility index (Phi) is 6.87. The number of hydrogen-bond acceptors (Lipinski definition) is 5. The summed E-state index contributed by atoms with van der Waals surface area (Å²) in [6, 6.07) is 11.4. The fourth-order valence-electron chi connectivity index (χ4n) is 2.86. The van der Waals surface area contributed by atoms with Crippen molar-refractivity contribution in [3.05, 3.63) is 61.6 Å². The molecule has 0 N–H and O–H groups in total. The summed E-state index contributed by atoms with van der Waals surface area (Å²) in [4.78, 5) is 26.8. The van der Waals surface area contributed by atoms with E-state index in [1.165, 1.54) is 12.0 Å². The van der Waals surface area contributed by atoms with E-state index in [9.17, 15) is 9.59 Å². The number of carbonyl (C=O) groups excluding carboxylic acids is 2. The molecule has 29 heavy (non-hydrogen) atoms. The third-order valence-electron chi connectivity index (χ3n) is 4.15. The third-order valence-corrected chi connectivity index (χ3v) is 5.85. The van der Waals surface area contributed by atoms with Gasteiger partial charge in [0.15, 0.2) is 11.5 Å². The van der Waals surface area contributed by atoms with E-state index in [-0.39, 0.29) is 24.3 Å². The standard InChI is InChI=1S/C22H18INO4S/c1-4-8-28-20-17(23)10-16(11-18(20)27-3)12-19-21(25)24(22(26)29-19)13-15-7-5-6-14(2)9-15/h1,5-7,9-12H,8,13H2,2-3H3/b19-12+. The molecule has 7 heteroatoms. The molecule has 3 rings (SSSR count). The van der Waals surface area contributed by atoms with Crippen molar-refractivity contribution in [2.45, 2.75) is 13.5 Å². The lowest BCUT2D eigenvalue weighted by Crippen LogP contribution is -2.27. The number of halogens is 1. The zero-order valence-electron chi connectivity index (χ0n) is 15.9. The van der Waals surface area contributed by atoms with Crippen LogP contribution in [0.4, 0.5) is 4.79 Å². The predicted molar refractivity (Wildman–Crippen MR) is 123 cm³/mol. The molecule has 148 valence electrons. The molecular weight excluding hydrogens is 501 g/mol. The number of amides is 2. The summed E-state index contributed by atoms with van der Waals surface area (Å²) in [5, 5.41) is -0.279. The molecule has 1 heterocycles. The largest absolute Gasteiger partial charge is 0.493 e. The number of thioether (sulfide) groups is 1. The van der Waals surface area contributed by atoms with Gasteiger partial charge in [0.25, 0.3) is 11.1 Å². The maximum atomic E-state index is 12.8. The third kappa shape index (κ3) is 4.95. The van der Waals surface area contributed by atoms with Crippen LogP contribution in [0.25, 0.3) is 6.08 Å². The van der Waals surface area contributed by atoms with E-state index in [1.54, 1.807) is 12.1 Å². The molecule has 0 radical (unpaired) electrons. The molecule has 2 aromatic carbocycles. The van der Waals surface area contributed by atoms with Crippen molar-refractivity contribution >= 4 is 51.6 Å². The van der Waals surface area contributed by atoms with Gasteiger partial charge < -0.3 is 9.47 Å². The molecule has 1 aliphatic rings. The normalized spacial score (nSPS) is 15.0. The van der Waals surface area contributed by atoms with Crippen LogP contribution >= 0.6 is 34.4 Å². The highest BCUT2D eigenvalue weighted by molar-refractivity contribution is 14.1. The maximum Gasteiger partial charge on any atom is 0.293 e. The van der Waals surface area contributed by atoms with Crippen molar-refractivity contribution in [2.75, 3.05) is 13.7 Å². The monoisotopic (exact) mass is 519 g/mol. The van der Waals surface area contributed by atoms with Gasteiger partial charge in [0.1, 0.15) is 6.61 Å². The summed E-state index contributed by atoms with van der Waals surface area (Å²) in [6.07, 6.45) is 6.95. The van der Waals surface area contributed by atoms with Gasteiger partial charge in [-0.3, -0.25) is 14.5 Å². The number of imide groups is 1. The Labute approximate surface area is 187 Å². The van der Waals surface area contributed by atoms with Crippen molar-refractivity contribution < 1.29 is 19.1 Å². The first-order chi connectivity index (χ1) is 13.9. The fourth-order valence-corrected chi connectivity index (χ4v) is 4.48. The van der Waals surface area contributed by atoms with E-state index in [1.807, 2.05) is 37.3 Å². The highest BCUT2D eigenvalue weighted by atomic mass is 127. The number of nitrogens with zero attached hydrogens (tertiary/aromatic N) is 1. The minimum Gasteiger partial charge on any atom is -0.493 e. The minimum absolute atomic E-state index is 0.129. The second kappa shape index (κ2) is 9.37. The first-order valence-corrected chi connectivity index (χ1v) is 10.6. The fraction of sp³-hybridized carbons (Fsp3) is 0.182. The van der Waals surface area contributed by atoms with Crippen LogP contribution in [-0.2, 0) is 11.3 Å². The Hall–Kier alpha value is -2.44. The van der Waals surface area contributed by atoms with Crippen molar-refractivity contribution in [1.82, 2.24) is 4.90 Å². The quantitative estimate of drug-likeness (QED) is 0.310. The average Bonchev–Trinajstić information content (AvgIpc) is 2.94. The highest BCUT2D eigenvalue weighted by Crippen LogP contribution is 2.37. The van der Waals surface area contributed by atoms with Crippen LogP contribution in [0.5, 0.6) is 11.5 Å². The number of rotatable bonds is 6. The Morgan fingerprint density at radius 2 is 2.07 bits per heavy atom. The summed E-state index contributed by atoms with van der Waals surface area (Å²) >= 11 is 3.06. The van der Waals surface area contributed by atoms with Crippen LogP contribution in [-0.4, -0.2) is 29.8 Å². The summed E-state index contributed by atoms with van der Waals surface area (Å²) < 4.78 is 11.7. The van der Waals surface area contributed by atoms with Gasteiger partial charge >= 0.3 is 0 Å². The number of hydrogen-bond donors (Lipinski definition) is 0. The lowest BCUT2D eigenvalue weighted by molar-refractivity contribution is -0.123. The van der Waals surface area contributed by atoms with E-state index >= 15 is 0 Å². The van der Waals surface area contributed by atoms with Gasteiger partial charge in [-0.1, -0.05) is 35.7 Å². The molecular formula is C22H18INO4S. The summed E-state index contributed by atoms with van der Waals surface area (Å²) in [6.45, 7) is 2.36. The topological polar surface area (TPSA) is 55.8 Å². The number of aryl methyl sites for hydroxylation is 1. The predicted octanol–water partition coefficient (Wildman–Crippen LogP) is 4.86. The van der Waals surface area contributed by atoms with Crippen molar-refractivity contribution in [3.63, 3.8) is 0 Å². The molecule has 1 saturated heterocycles. The second-order valence-corrected chi connectivity index (χ2v) is 8.44. The lowest BCUT2D eigenvalue weighted by atomic mass is 10.1. The Bertz CT molecular complexity index is 1040. The van der Waals surface area contributed by atoms with Gasteiger partial charge in [0.05, 0.1) is 22.1 Å². The van der Waals surface area contributed by atoms with E-state index in [0.717, 1.165) is 32.0 Å². The molecule has 2 aromatic rings.